The fourth-order valence-corrected chi connectivity index (χ4v) is 5.45. The molecule has 1 atom stereocenters. The van der Waals surface area contributed by atoms with Gasteiger partial charge >= 0.3 is 0 Å². The molecule has 9 heteroatoms. The van der Waals surface area contributed by atoms with Crippen LogP contribution in [0.1, 0.15) is 40.4 Å². The lowest BCUT2D eigenvalue weighted by atomic mass is 9.86. The van der Waals surface area contributed by atoms with Crippen molar-refractivity contribution >= 4 is 22.8 Å². The third kappa shape index (κ3) is 3.24. The van der Waals surface area contributed by atoms with Crippen LogP contribution in [0.25, 0.3) is 27.8 Å². The first-order valence-electron chi connectivity index (χ1n) is 11.8. The van der Waals surface area contributed by atoms with Gasteiger partial charge in [-0.15, -0.1) is 0 Å². The quantitative estimate of drug-likeness (QED) is 0.409. The highest BCUT2D eigenvalue weighted by Gasteiger charge is 2.33. The minimum Gasteiger partial charge on any atom is -0.383 e. The van der Waals surface area contributed by atoms with E-state index in [0.717, 1.165) is 40.6 Å². The highest BCUT2D eigenvalue weighted by molar-refractivity contribution is 6.00. The van der Waals surface area contributed by atoms with Gasteiger partial charge in [-0.25, -0.2) is 14.6 Å². The number of nitrogens with two attached hydrogens (primary N) is 2. The number of aryl methyl sites for hydroxylation is 1. The molecular weight excluding hydrogens is 454 g/mol. The van der Waals surface area contributed by atoms with Crippen LogP contribution < -0.4 is 17.0 Å². The van der Waals surface area contributed by atoms with Crippen LogP contribution in [0.15, 0.2) is 71.9 Å². The van der Waals surface area contributed by atoms with Crippen LogP contribution in [0.3, 0.4) is 0 Å². The van der Waals surface area contributed by atoms with Gasteiger partial charge in [0.2, 0.25) is 0 Å². The molecule has 0 fully saturated rings. The number of hydrogen-bond acceptors (Lipinski definition) is 5. The molecule has 180 valence electrons. The normalized spacial score (nSPS) is 15.2. The number of nitrogen functional groups attached to an aromatic ring is 1. The molecule has 0 spiro atoms. The highest BCUT2D eigenvalue weighted by atomic mass is 16.2. The van der Waals surface area contributed by atoms with Crippen molar-refractivity contribution in [3.8, 4) is 16.8 Å². The topological polar surface area (TPSA) is 127 Å². The Hall–Kier alpha value is -4.66. The summed E-state index contributed by atoms with van der Waals surface area (Å²) >= 11 is 0. The first-order valence-corrected chi connectivity index (χ1v) is 11.8. The van der Waals surface area contributed by atoms with E-state index >= 15 is 0 Å². The van der Waals surface area contributed by atoms with E-state index in [-0.39, 0.29) is 17.0 Å². The third-order valence-corrected chi connectivity index (χ3v) is 7.03. The Morgan fingerprint density at radius 3 is 2.53 bits per heavy atom. The zero-order valence-electron chi connectivity index (χ0n) is 19.8. The fraction of sp³-hybridized carbons (Fsp3) is 0.185. The van der Waals surface area contributed by atoms with Crippen LogP contribution >= 0.6 is 0 Å². The number of primary amides is 1. The molecule has 1 aliphatic rings. The monoisotopic (exact) mass is 479 g/mol. The van der Waals surface area contributed by atoms with Gasteiger partial charge in [0, 0.05) is 31.3 Å². The second-order valence-electron chi connectivity index (χ2n) is 9.13. The van der Waals surface area contributed by atoms with Crippen molar-refractivity contribution in [2.24, 2.45) is 12.8 Å². The Balaban J connectivity index is 1.47. The Morgan fingerprint density at radius 2 is 1.81 bits per heavy atom. The number of amides is 1. The lowest BCUT2D eigenvalue weighted by Crippen LogP contribution is -2.26. The summed E-state index contributed by atoms with van der Waals surface area (Å²) in [7, 11) is 1.93. The molecule has 1 aliphatic heterocycles. The lowest BCUT2D eigenvalue weighted by molar-refractivity contribution is 0.0997. The molecule has 0 radical (unpaired) electrons. The molecule has 4 heterocycles. The number of nitrogens with zero attached hydrogens (tertiary/aromatic N) is 5. The molecule has 0 saturated heterocycles. The van der Waals surface area contributed by atoms with E-state index in [2.05, 4.69) is 9.97 Å². The van der Waals surface area contributed by atoms with Crippen LogP contribution in [0.2, 0.25) is 0 Å². The third-order valence-electron chi connectivity index (χ3n) is 7.03. The zero-order chi connectivity index (χ0) is 25.0. The first kappa shape index (κ1) is 21.8. The Morgan fingerprint density at radius 1 is 1.06 bits per heavy atom. The van der Waals surface area contributed by atoms with E-state index in [1.807, 2.05) is 77.1 Å². The second-order valence-corrected chi connectivity index (χ2v) is 9.13. The fourth-order valence-electron chi connectivity index (χ4n) is 5.45. The predicted octanol–water partition coefficient (Wildman–Crippen LogP) is 3.19. The van der Waals surface area contributed by atoms with E-state index in [0.29, 0.717) is 23.7 Å². The van der Waals surface area contributed by atoms with Gasteiger partial charge in [0.25, 0.3) is 11.5 Å². The minimum absolute atomic E-state index is 0.0617. The molecule has 9 nitrogen and oxygen atoms in total. The van der Waals surface area contributed by atoms with E-state index in [9.17, 15) is 9.59 Å². The van der Waals surface area contributed by atoms with Crippen molar-refractivity contribution in [2.75, 3.05) is 5.73 Å². The molecule has 4 N–H and O–H groups in total. The smallest absolute Gasteiger partial charge is 0.284 e. The summed E-state index contributed by atoms with van der Waals surface area (Å²) in [4.78, 5) is 34.4. The van der Waals surface area contributed by atoms with E-state index < -0.39 is 5.91 Å². The number of aromatic nitrogens is 5. The summed E-state index contributed by atoms with van der Waals surface area (Å²) in [5.41, 5.74) is 16.7. The van der Waals surface area contributed by atoms with Gasteiger partial charge in [-0.2, -0.15) is 0 Å². The number of para-hydroxylation sites is 1. The molecule has 5 aromatic rings. The molecule has 1 amide bonds. The molecule has 6 rings (SSSR count). The summed E-state index contributed by atoms with van der Waals surface area (Å²) in [6, 6.07) is 17.5. The summed E-state index contributed by atoms with van der Waals surface area (Å²) in [5.74, 6) is -0.397. The zero-order valence-corrected chi connectivity index (χ0v) is 19.8. The number of anilines is 1. The number of rotatable bonds is 4. The standard InChI is InChI=1S/C27H25N7O2/c1-32-14-20(21-24(28)30-15-31-26(21)32)17-11-9-16(10-12-17)19-8-5-13-33-23(19)22(25(29)35)27(36)34(33)18-6-3-2-4-7-18/h2-4,6-7,9-12,14-15,19H,5,8,13H2,1H3,(H2,29,35)(H2,28,30,31). The van der Waals surface area contributed by atoms with Gasteiger partial charge in [0.15, 0.2) is 0 Å². The largest absolute Gasteiger partial charge is 0.383 e. The van der Waals surface area contributed by atoms with E-state index in [1.54, 1.807) is 4.68 Å². The molecular formula is C27H25N7O2. The van der Waals surface area contributed by atoms with Gasteiger partial charge in [0.05, 0.1) is 16.8 Å². The highest BCUT2D eigenvalue weighted by Crippen LogP contribution is 2.38. The van der Waals surface area contributed by atoms with Crippen LogP contribution in [0.5, 0.6) is 0 Å². The maximum atomic E-state index is 13.4. The van der Waals surface area contributed by atoms with Crippen molar-refractivity contribution in [3.05, 3.63) is 94.3 Å². The molecule has 1 unspecified atom stereocenters. The van der Waals surface area contributed by atoms with Crippen molar-refractivity contribution in [1.82, 2.24) is 23.9 Å². The number of benzene rings is 2. The van der Waals surface area contributed by atoms with Crippen molar-refractivity contribution in [1.29, 1.82) is 0 Å². The van der Waals surface area contributed by atoms with E-state index in [4.69, 9.17) is 11.5 Å². The number of carbonyl (C=O) groups excluding carboxylic acids is 1. The maximum Gasteiger partial charge on any atom is 0.284 e. The van der Waals surface area contributed by atoms with Crippen LogP contribution in [-0.4, -0.2) is 29.8 Å². The average Bonchev–Trinajstić information content (AvgIpc) is 3.39. The summed E-state index contributed by atoms with van der Waals surface area (Å²) in [5, 5.41) is 0.815. The van der Waals surface area contributed by atoms with Gasteiger partial charge in [-0.1, -0.05) is 42.5 Å². The summed E-state index contributed by atoms with van der Waals surface area (Å²) < 4.78 is 5.43. The van der Waals surface area contributed by atoms with Crippen molar-refractivity contribution in [2.45, 2.75) is 25.3 Å². The maximum absolute atomic E-state index is 13.4. The Labute approximate surface area is 206 Å². The molecule has 0 aliphatic carbocycles. The summed E-state index contributed by atoms with van der Waals surface area (Å²) in [6.07, 6.45) is 5.14. The first-order chi connectivity index (χ1) is 17.5. The van der Waals surface area contributed by atoms with E-state index in [1.165, 1.54) is 6.33 Å². The lowest BCUT2D eigenvalue weighted by Gasteiger charge is -2.27. The number of carbonyl (C=O) groups is 1. The van der Waals surface area contributed by atoms with Crippen molar-refractivity contribution < 1.29 is 4.79 Å². The van der Waals surface area contributed by atoms with Gasteiger partial charge in [-0.05, 0) is 36.1 Å². The van der Waals surface area contributed by atoms with Gasteiger partial charge < -0.3 is 16.0 Å². The van der Waals surface area contributed by atoms with Crippen LogP contribution in [0.4, 0.5) is 5.82 Å². The Bertz CT molecular complexity index is 1680. The van der Waals surface area contributed by atoms with Crippen molar-refractivity contribution in [3.63, 3.8) is 0 Å². The molecule has 3 aromatic heterocycles. The molecule has 0 bridgehead atoms. The predicted molar refractivity (Wildman–Crippen MR) is 138 cm³/mol. The SMILES string of the molecule is Cn1cc(-c2ccc(C3CCCn4c3c(C(N)=O)c(=O)n4-c3ccccc3)cc2)c2c(N)ncnc21. The average molecular weight is 480 g/mol. The molecule has 2 aromatic carbocycles. The molecule has 36 heavy (non-hydrogen) atoms. The Kier molecular flexibility index (Phi) is 4.99. The summed E-state index contributed by atoms with van der Waals surface area (Å²) in [6.45, 7) is 0.636. The van der Waals surface area contributed by atoms with Gasteiger partial charge in [0.1, 0.15) is 23.4 Å². The van der Waals surface area contributed by atoms with Crippen LogP contribution in [-0.2, 0) is 13.6 Å². The minimum atomic E-state index is -0.701. The van der Waals surface area contributed by atoms with Gasteiger partial charge in [-0.3, -0.25) is 14.3 Å². The van der Waals surface area contributed by atoms with Crippen LogP contribution in [0, 0.1) is 0 Å². The number of fused-ring (bicyclic) bond motifs is 2. The second kappa shape index (κ2) is 8.23. The molecule has 0 saturated carbocycles. The number of hydrogen-bond donors (Lipinski definition) is 2.